The van der Waals surface area contributed by atoms with Crippen molar-refractivity contribution in [3.63, 3.8) is 0 Å². The average Bonchev–Trinajstić information content (AvgIpc) is 1.91. The normalized spacial score (nSPS) is 10.7. The van der Waals surface area contributed by atoms with Gasteiger partial charge in [-0.3, -0.25) is 0 Å². The van der Waals surface area contributed by atoms with Crippen molar-refractivity contribution in [1.82, 2.24) is 5.32 Å². The van der Waals surface area contributed by atoms with E-state index < -0.39 is 0 Å². The highest BCUT2D eigenvalue weighted by molar-refractivity contribution is 4.60. The van der Waals surface area contributed by atoms with Gasteiger partial charge < -0.3 is 10.4 Å². The van der Waals surface area contributed by atoms with Gasteiger partial charge in [0.05, 0.1) is 6.61 Å². The van der Waals surface area contributed by atoms with Crippen molar-refractivity contribution < 1.29 is 5.11 Å². The number of hydrogen-bond donors (Lipinski definition) is 2. The molecule has 2 N–H and O–H groups in total. The van der Waals surface area contributed by atoms with Gasteiger partial charge in [0.1, 0.15) is 0 Å². The third-order valence-electron chi connectivity index (χ3n) is 1.53. The summed E-state index contributed by atoms with van der Waals surface area (Å²) in [7, 11) is 0. The Morgan fingerprint density at radius 1 is 1.33 bits per heavy atom. The molecule has 0 aliphatic rings. The lowest BCUT2D eigenvalue weighted by atomic mass is 10.2. The van der Waals surface area contributed by atoms with E-state index in [0.717, 1.165) is 19.4 Å². The first-order valence-electron chi connectivity index (χ1n) is 3.69. The number of nitrogens with one attached hydrogen (secondary N) is 1. The zero-order chi connectivity index (χ0) is 7.11. The summed E-state index contributed by atoms with van der Waals surface area (Å²) in [5, 5.41) is 11.7. The summed E-state index contributed by atoms with van der Waals surface area (Å²) in [5.74, 6) is 0. The van der Waals surface area contributed by atoms with Crippen LogP contribution in [0.3, 0.4) is 0 Å². The van der Waals surface area contributed by atoms with E-state index in [4.69, 9.17) is 5.11 Å². The third-order valence-corrected chi connectivity index (χ3v) is 1.53. The molecule has 2 heteroatoms. The molecule has 0 radical (unpaired) electrons. The van der Waals surface area contributed by atoms with Crippen LogP contribution in [-0.2, 0) is 0 Å². The molecule has 0 rings (SSSR count). The molecule has 0 aromatic rings. The lowest BCUT2D eigenvalue weighted by Gasteiger charge is -2.12. The van der Waals surface area contributed by atoms with Crippen LogP contribution in [0.25, 0.3) is 0 Å². The highest BCUT2D eigenvalue weighted by Crippen LogP contribution is 1.93. The molecule has 2 nitrogen and oxygen atoms in total. The minimum Gasteiger partial charge on any atom is -0.395 e. The summed E-state index contributed by atoms with van der Waals surface area (Å²) in [6.07, 6.45) is 2.30. The number of hydrogen-bond acceptors (Lipinski definition) is 2. The summed E-state index contributed by atoms with van der Waals surface area (Å²) in [5.41, 5.74) is 0. The molecule has 0 amide bonds. The maximum absolute atomic E-state index is 8.44. The minimum absolute atomic E-state index is 0.247. The molecule has 0 aliphatic carbocycles. The second-order valence-electron chi connectivity index (χ2n) is 2.19. The second kappa shape index (κ2) is 6.05. The van der Waals surface area contributed by atoms with Crippen LogP contribution < -0.4 is 5.32 Å². The molecule has 0 atom stereocenters. The largest absolute Gasteiger partial charge is 0.395 e. The van der Waals surface area contributed by atoms with E-state index in [-0.39, 0.29) is 6.61 Å². The van der Waals surface area contributed by atoms with Crippen LogP contribution in [0.5, 0.6) is 0 Å². The quantitative estimate of drug-likeness (QED) is 0.577. The van der Waals surface area contributed by atoms with Gasteiger partial charge in [-0.15, -0.1) is 0 Å². The molecule has 0 aliphatic heterocycles. The summed E-state index contributed by atoms with van der Waals surface area (Å²) in [4.78, 5) is 0. The predicted octanol–water partition coefficient (Wildman–Crippen LogP) is 0.757. The summed E-state index contributed by atoms with van der Waals surface area (Å²) >= 11 is 0. The second-order valence-corrected chi connectivity index (χ2v) is 2.19. The van der Waals surface area contributed by atoms with E-state index in [1.165, 1.54) is 0 Å². The Labute approximate surface area is 57.3 Å². The maximum atomic E-state index is 8.44. The Balaban J connectivity index is 3.09. The molecule has 56 valence electrons. The zero-order valence-electron chi connectivity index (χ0n) is 6.35. The van der Waals surface area contributed by atoms with Gasteiger partial charge in [-0.05, 0) is 12.8 Å². The molecule has 0 saturated carbocycles. The van der Waals surface area contributed by atoms with Gasteiger partial charge in [-0.1, -0.05) is 13.8 Å². The highest BCUT2D eigenvalue weighted by atomic mass is 16.3. The highest BCUT2D eigenvalue weighted by Gasteiger charge is 1.98. The Morgan fingerprint density at radius 3 is 2.22 bits per heavy atom. The van der Waals surface area contributed by atoms with Gasteiger partial charge in [0.15, 0.2) is 0 Å². The molecular formula is C7H17NO. The van der Waals surface area contributed by atoms with E-state index >= 15 is 0 Å². The van der Waals surface area contributed by atoms with Gasteiger partial charge in [-0.25, -0.2) is 0 Å². The monoisotopic (exact) mass is 131 g/mol. The number of aliphatic hydroxyl groups is 1. The van der Waals surface area contributed by atoms with Crippen LogP contribution in [-0.4, -0.2) is 24.3 Å². The standard InChI is InChI=1S/C7H17NO/c1-3-7(4-2)8-5-6-9/h7-9H,3-6H2,1-2H3. The van der Waals surface area contributed by atoms with Crippen LogP contribution in [0, 0.1) is 0 Å². The van der Waals surface area contributed by atoms with Crippen molar-refractivity contribution in [3.05, 3.63) is 0 Å². The summed E-state index contributed by atoms with van der Waals surface area (Å²) in [6, 6.07) is 0.595. The maximum Gasteiger partial charge on any atom is 0.0556 e. The smallest absolute Gasteiger partial charge is 0.0556 e. The van der Waals surface area contributed by atoms with Crippen molar-refractivity contribution in [2.75, 3.05) is 13.2 Å². The number of aliphatic hydroxyl groups excluding tert-OH is 1. The van der Waals surface area contributed by atoms with E-state index in [1.807, 2.05) is 0 Å². The van der Waals surface area contributed by atoms with E-state index in [0.29, 0.717) is 6.04 Å². The Kier molecular flexibility index (Phi) is 5.99. The molecule has 0 saturated heterocycles. The van der Waals surface area contributed by atoms with E-state index in [1.54, 1.807) is 0 Å². The SMILES string of the molecule is CCC(CC)NCCO. The fraction of sp³-hybridized carbons (Fsp3) is 1.00. The van der Waals surface area contributed by atoms with Gasteiger partial charge >= 0.3 is 0 Å². The Morgan fingerprint density at radius 2 is 1.89 bits per heavy atom. The van der Waals surface area contributed by atoms with Crippen LogP contribution in [0.2, 0.25) is 0 Å². The summed E-state index contributed by atoms with van der Waals surface area (Å²) < 4.78 is 0. The van der Waals surface area contributed by atoms with Crippen molar-refractivity contribution in [2.24, 2.45) is 0 Å². The van der Waals surface area contributed by atoms with Gasteiger partial charge in [0, 0.05) is 12.6 Å². The fourth-order valence-electron chi connectivity index (χ4n) is 0.846. The summed E-state index contributed by atoms with van der Waals surface area (Å²) in [6.45, 7) is 5.28. The Bertz CT molecular complexity index is 52.9. The van der Waals surface area contributed by atoms with Crippen LogP contribution in [0.4, 0.5) is 0 Å². The molecule has 0 unspecified atom stereocenters. The number of rotatable bonds is 5. The van der Waals surface area contributed by atoms with Crippen molar-refractivity contribution >= 4 is 0 Å². The lowest BCUT2D eigenvalue weighted by Crippen LogP contribution is -2.30. The first-order chi connectivity index (χ1) is 4.35. The third kappa shape index (κ3) is 4.43. The van der Waals surface area contributed by atoms with E-state index in [9.17, 15) is 0 Å². The molecule has 0 heterocycles. The first-order valence-corrected chi connectivity index (χ1v) is 3.69. The van der Waals surface area contributed by atoms with Crippen molar-refractivity contribution in [1.29, 1.82) is 0 Å². The average molecular weight is 131 g/mol. The minimum atomic E-state index is 0.247. The molecule has 0 spiro atoms. The van der Waals surface area contributed by atoms with Gasteiger partial charge in [-0.2, -0.15) is 0 Å². The topological polar surface area (TPSA) is 32.3 Å². The van der Waals surface area contributed by atoms with Crippen molar-refractivity contribution in [3.8, 4) is 0 Å². The fourth-order valence-corrected chi connectivity index (χ4v) is 0.846. The lowest BCUT2D eigenvalue weighted by molar-refractivity contribution is 0.282. The van der Waals surface area contributed by atoms with Gasteiger partial charge in [0.2, 0.25) is 0 Å². The zero-order valence-corrected chi connectivity index (χ0v) is 6.35. The molecule has 9 heavy (non-hydrogen) atoms. The molecule has 0 bridgehead atoms. The molecule has 0 aromatic carbocycles. The Hall–Kier alpha value is -0.0800. The van der Waals surface area contributed by atoms with Gasteiger partial charge in [0.25, 0.3) is 0 Å². The molecule has 0 fully saturated rings. The van der Waals surface area contributed by atoms with Crippen LogP contribution in [0.1, 0.15) is 26.7 Å². The van der Waals surface area contributed by atoms with E-state index in [2.05, 4.69) is 19.2 Å². The molecule has 0 aromatic heterocycles. The first kappa shape index (κ1) is 8.92. The van der Waals surface area contributed by atoms with Crippen LogP contribution in [0.15, 0.2) is 0 Å². The van der Waals surface area contributed by atoms with Crippen LogP contribution >= 0.6 is 0 Å². The van der Waals surface area contributed by atoms with Crippen molar-refractivity contribution in [2.45, 2.75) is 32.7 Å². The predicted molar refractivity (Wildman–Crippen MR) is 39.5 cm³/mol. The molecular weight excluding hydrogens is 114 g/mol.